The molecule has 0 radical (unpaired) electrons. The van der Waals surface area contributed by atoms with E-state index in [0.717, 1.165) is 5.56 Å². The minimum Gasteiger partial charge on any atom is -0.392 e. The number of aryl methyl sites for hydroxylation is 1. The number of aliphatic hydroxyl groups is 1. The Kier molecular flexibility index (Phi) is 3.72. The Morgan fingerprint density at radius 2 is 2.11 bits per heavy atom. The highest BCUT2D eigenvalue weighted by molar-refractivity contribution is 7.92. The van der Waals surface area contributed by atoms with E-state index >= 15 is 0 Å². The van der Waals surface area contributed by atoms with Crippen LogP contribution in [-0.2, 0) is 16.6 Å². The second-order valence-electron chi connectivity index (χ2n) is 3.82. The van der Waals surface area contributed by atoms with Gasteiger partial charge in [-0.3, -0.25) is 0 Å². The smallest absolute Gasteiger partial charge is 0.264 e. The maximum Gasteiger partial charge on any atom is 0.264 e. The lowest BCUT2D eigenvalue weighted by Gasteiger charge is -2.08. The molecule has 2 rings (SSSR count). The van der Waals surface area contributed by atoms with Crippen LogP contribution in [0.5, 0.6) is 0 Å². The fourth-order valence-electron chi connectivity index (χ4n) is 1.46. The zero-order valence-corrected chi connectivity index (χ0v) is 10.9. The summed E-state index contributed by atoms with van der Waals surface area (Å²) in [6.45, 7) is 1.57. The highest BCUT2D eigenvalue weighted by Crippen LogP contribution is 2.17. The molecule has 0 fully saturated rings. The molecule has 0 amide bonds. The average molecular weight is 280 g/mol. The van der Waals surface area contributed by atoms with E-state index in [1.54, 1.807) is 13.0 Å². The molecule has 19 heavy (non-hydrogen) atoms. The van der Waals surface area contributed by atoms with Crippen molar-refractivity contribution < 1.29 is 13.5 Å². The Morgan fingerprint density at radius 1 is 1.32 bits per heavy atom. The van der Waals surface area contributed by atoms with Gasteiger partial charge in [0.05, 0.1) is 23.9 Å². The van der Waals surface area contributed by atoms with Gasteiger partial charge in [-0.15, -0.1) is 5.10 Å². The van der Waals surface area contributed by atoms with Crippen molar-refractivity contribution in [3.05, 3.63) is 41.7 Å². The summed E-state index contributed by atoms with van der Waals surface area (Å²) in [5.41, 5.74) is 1.37. The van der Waals surface area contributed by atoms with E-state index in [0.29, 0.717) is 5.56 Å². The van der Waals surface area contributed by atoms with Crippen LogP contribution in [0.15, 0.2) is 35.5 Å². The summed E-state index contributed by atoms with van der Waals surface area (Å²) in [7, 11) is -3.79. The molecule has 0 aliphatic carbocycles. The van der Waals surface area contributed by atoms with Crippen molar-refractivity contribution in [2.75, 3.05) is 4.72 Å². The molecule has 0 saturated carbocycles. The number of aromatic nitrogens is 3. The first-order chi connectivity index (χ1) is 9.03. The van der Waals surface area contributed by atoms with E-state index in [1.165, 1.54) is 24.5 Å². The zero-order chi connectivity index (χ0) is 13.9. The summed E-state index contributed by atoms with van der Waals surface area (Å²) >= 11 is 0. The van der Waals surface area contributed by atoms with Gasteiger partial charge in [0.1, 0.15) is 0 Å². The van der Waals surface area contributed by atoms with E-state index in [9.17, 15) is 8.42 Å². The Hall–Kier alpha value is -2.06. The molecule has 100 valence electrons. The van der Waals surface area contributed by atoms with Crippen LogP contribution in [0, 0.1) is 6.92 Å². The van der Waals surface area contributed by atoms with Gasteiger partial charge in [0.2, 0.25) is 0 Å². The lowest BCUT2D eigenvalue weighted by Crippen LogP contribution is -2.15. The third-order valence-corrected chi connectivity index (χ3v) is 3.84. The molecule has 7 nitrogen and oxygen atoms in total. The predicted octanol–water partition coefficient (Wildman–Crippen LogP) is 0.473. The molecule has 8 heteroatoms. The molecule has 2 aromatic rings. The third kappa shape index (κ3) is 3.04. The molecule has 1 heterocycles. The molecular formula is C11H12N4O3S. The summed E-state index contributed by atoms with van der Waals surface area (Å²) in [5, 5.41) is 16.2. The van der Waals surface area contributed by atoms with Crippen molar-refractivity contribution in [1.29, 1.82) is 0 Å². The first-order valence-corrected chi connectivity index (χ1v) is 6.88. The fourth-order valence-corrected chi connectivity index (χ4v) is 2.46. The molecule has 1 aromatic carbocycles. The summed E-state index contributed by atoms with van der Waals surface area (Å²) in [6.07, 6.45) is 2.67. The fraction of sp³-hybridized carbons (Fsp3) is 0.182. The molecular weight excluding hydrogens is 268 g/mol. The number of anilines is 1. The Bertz CT molecular complexity index is 674. The molecule has 0 atom stereocenters. The lowest BCUT2D eigenvalue weighted by molar-refractivity contribution is 0.281. The van der Waals surface area contributed by atoms with Gasteiger partial charge in [-0.25, -0.2) is 18.1 Å². The van der Waals surface area contributed by atoms with E-state index in [-0.39, 0.29) is 17.5 Å². The number of rotatable bonds is 4. The van der Waals surface area contributed by atoms with Crippen LogP contribution in [0.2, 0.25) is 0 Å². The number of nitrogens with zero attached hydrogens (tertiary/aromatic N) is 3. The summed E-state index contributed by atoms with van der Waals surface area (Å²) in [4.78, 5) is 3.77. The number of benzene rings is 1. The maximum absolute atomic E-state index is 12.1. The summed E-state index contributed by atoms with van der Waals surface area (Å²) in [6, 6.07) is 4.49. The Labute approximate surface area is 110 Å². The molecule has 0 saturated heterocycles. The number of nitrogens with one attached hydrogen (secondary N) is 1. The van der Waals surface area contributed by atoms with Gasteiger partial charge in [0.25, 0.3) is 16.0 Å². The van der Waals surface area contributed by atoms with E-state index in [1.807, 2.05) is 0 Å². The Morgan fingerprint density at radius 3 is 2.74 bits per heavy atom. The highest BCUT2D eigenvalue weighted by atomic mass is 32.2. The summed E-state index contributed by atoms with van der Waals surface area (Å²) < 4.78 is 26.4. The SMILES string of the molecule is Cc1ccc(S(=O)(=O)Nc2nccnn2)cc1CO. The quantitative estimate of drug-likeness (QED) is 0.843. The number of hydrogen-bond donors (Lipinski definition) is 2. The largest absolute Gasteiger partial charge is 0.392 e. The third-order valence-electron chi connectivity index (χ3n) is 2.51. The lowest BCUT2D eigenvalue weighted by atomic mass is 10.1. The maximum atomic E-state index is 12.1. The van der Waals surface area contributed by atoms with E-state index < -0.39 is 10.0 Å². The normalized spacial score (nSPS) is 11.3. The van der Waals surface area contributed by atoms with Gasteiger partial charge >= 0.3 is 0 Å². The van der Waals surface area contributed by atoms with Crippen LogP contribution in [0.3, 0.4) is 0 Å². The van der Waals surface area contributed by atoms with E-state index in [4.69, 9.17) is 5.11 Å². The van der Waals surface area contributed by atoms with Crippen LogP contribution >= 0.6 is 0 Å². The molecule has 0 spiro atoms. The number of sulfonamides is 1. The molecule has 0 aliphatic heterocycles. The van der Waals surface area contributed by atoms with Gasteiger partial charge in [-0.05, 0) is 30.2 Å². The van der Waals surface area contributed by atoms with Gasteiger partial charge in [0.15, 0.2) is 0 Å². The van der Waals surface area contributed by atoms with Crippen molar-refractivity contribution in [3.8, 4) is 0 Å². The monoisotopic (exact) mass is 280 g/mol. The zero-order valence-electron chi connectivity index (χ0n) is 10.1. The van der Waals surface area contributed by atoms with Crippen LogP contribution < -0.4 is 4.72 Å². The predicted molar refractivity (Wildman–Crippen MR) is 67.7 cm³/mol. The highest BCUT2D eigenvalue weighted by Gasteiger charge is 2.16. The number of hydrogen-bond acceptors (Lipinski definition) is 6. The first-order valence-electron chi connectivity index (χ1n) is 5.40. The second kappa shape index (κ2) is 5.29. The number of aliphatic hydroxyl groups excluding tert-OH is 1. The van der Waals surface area contributed by atoms with Crippen molar-refractivity contribution in [1.82, 2.24) is 15.2 Å². The minimum absolute atomic E-state index is 0.0367. The average Bonchev–Trinajstić information content (AvgIpc) is 2.39. The van der Waals surface area contributed by atoms with Crippen molar-refractivity contribution in [2.45, 2.75) is 18.4 Å². The molecule has 0 unspecified atom stereocenters. The summed E-state index contributed by atoms with van der Waals surface area (Å²) in [5.74, 6) is -0.103. The molecule has 0 bridgehead atoms. The molecule has 0 aliphatic rings. The molecule has 1 aromatic heterocycles. The van der Waals surface area contributed by atoms with Crippen LogP contribution in [0.4, 0.5) is 5.95 Å². The van der Waals surface area contributed by atoms with Crippen LogP contribution in [0.25, 0.3) is 0 Å². The Balaban J connectivity index is 2.35. The van der Waals surface area contributed by atoms with E-state index in [2.05, 4.69) is 19.9 Å². The van der Waals surface area contributed by atoms with Gasteiger partial charge in [0, 0.05) is 0 Å². The van der Waals surface area contributed by atoms with Crippen molar-refractivity contribution in [3.63, 3.8) is 0 Å². The van der Waals surface area contributed by atoms with Gasteiger partial charge in [-0.2, -0.15) is 5.10 Å². The second-order valence-corrected chi connectivity index (χ2v) is 5.50. The topological polar surface area (TPSA) is 105 Å². The molecule has 2 N–H and O–H groups in total. The van der Waals surface area contributed by atoms with Gasteiger partial charge in [-0.1, -0.05) is 6.07 Å². The van der Waals surface area contributed by atoms with Crippen LogP contribution in [0.1, 0.15) is 11.1 Å². The first kappa shape index (κ1) is 13.4. The minimum atomic E-state index is -3.79. The van der Waals surface area contributed by atoms with Crippen molar-refractivity contribution >= 4 is 16.0 Å². The van der Waals surface area contributed by atoms with Crippen molar-refractivity contribution in [2.24, 2.45) is 0 Å². The standard InChI is InChI=1S/C11H12N4O3S/c1-8-2-3-10(6-9(8)7-16)19(17,18)15-11-12-4-5-13-14-11/h2-6,16H,7H2,1H3,(H,12,14,15). The van der Waals surface area contributed by atoms with Crippen LogP contribution in [-0.4, -0.2) is 28.7 Å². The van der Waals surface area contributed by atoms with Gasteiger partial charge < -0.3 is 5.11 Å².